The van der Waals surface area contributed by atoms with Crippen LogP contribution in [0, 0.1) is 6.92 Å². The summed E-state index contributed by atoms with van der Waals surface area (Å²) in [5, 5.41) is 0. The molecule has 1 aromatic rings. The van der Waals surface area contributed by atoms with Crippen molar-refractivity contribution in [2.45, 2.75) is 19.8 Å². The molecule has 1 aliphatic heterocycles. The van der Waals surface area contributed by atoms with Crippen molar-refractivity contribution in [1.29, 1.82) is 0 Å². The van der Waals surface area contributed by atoms with Gasteiger partial charge in [0.2, 0.25) is 10.0 Å². The van der Waals surface area contributed by atoms with Crippen molar-refractivity contribution in [3.05, 3.63) is 22.3 Å². The molecule has 1 saturated heterocycles. The monoisotopic (exact) mass is 304 g/mol. The molecule has 0 amide bonds. The topological polar surface area (TPSA) is 50.3 Å². The fraction of sp³-hybridized carbons (Fsp3) is 0.500. The zero-order valence-electron chi connectivity index (χ0n) is 8.98. The van der Waals surface area contributed by atoms with E-state index in [1.807, 2.05) is 6.92 Å². The van der Waals surface area contributed by atoms with E-state index in [1.165, 1.54) is 4.31 Å². The Balaban J connectivity index is 2.39. The summed E-state index contributed by atoms with van der Waals surface area (Å²) in [4.78, 5) is 4.16. The van der Waals surface area contributed by atoms with Crippen LogP contribution in [0.2, 0.25) is 0 Å². The summed E-state index contributed by atoms with van der Waals surface area (Å²) in [5.74, 6) is 0.754. The number of halogens is 1. The van der Waals surface area contributed by atoms with Gasteiger partial charge in [-0.2, -0.15) is 0 Å². The predicted octanol–water partition coefficient (Wildman–Crippen LogP) is 2.08. The normalized spacial score (nSPS) is 19.8. The van der Waals surface area contributed by atoms with Gasteiger partial charge in [-0.05, 0) is 47.3 Å². The second kappa shape index (κ2) is 4.33. The van der Waals surface area contributed by atoms with Crippen LogP contribution < -0.4 is 4.31 Å². The van der Waals surface area contributed by atoms with Crippen LogP contribution >= 0.6 is 15.9 Å². The van der Waals surface area contributed by atoms with Gasteiger partial charge in [0.15, 0.2) is 0 Å². The van der Waals surface area contributed by atoms with Gasteiger partial charge in [0.1, 0.15) is 5.82 Å². The van der Waals surface area contributed by atoms with Crippen molar-refractivity contribution >= 4 is 31.8 Å². The maximum Gasteiger partial charge on any atom is 0.236 e. The summed E-state index contributed by atoms with van der Waals surface area (Å²) >= 11 is 3.35. The Morgan fingerprint density at radius 1 is 1.44 bits per heavy atom. The van der Waals surface area contributed by atoms with E-state index >= 15 is 0 Å². The predicted molar refractivity (Wildman–Crippen MR) is 67.0 cm³/mol. The van der Waals surface area contributed by atoms with Gasteiger partial charge in [-0.15, -0.1) is 0 Å². The highest BCUT2D eigenvalue weighted by Crippen LogP contribution is 2.24. The first kappa shape index (κ1) is 11.9. The lowest BCUT2D eigenvalue weighted by Gasteiger charge is -2.27. The van der Waals surface area contributed by atoms with Crippen LogP contribution in [-0.4, -0.2) is 25.7 Å². The number of pyridine rings is 1. The molecule has 0 atom stereocenters. The fourth-order valence-electron chi connectivity index (χ4n) is 1.71. The lowest BCUT2D eigenvalue weighted by Crippen LogP contribution is -2.38. The number of sulfonamides is 1. The molecule has 0 aromatic carbocycles. The highest BCUT2D eigenvalue weighted by atomic mass is 79.9. The van der Waals surface area contributed by atoms with Crippen LogP contribution in [0.3, 0.4) is 0 Å². The van der Waals surface area contributed by atoms with E-state index in [4.69, 9.17) is 0 Å². The molecule has 2 heterocycles. The second-order valence-electron chi connectivity index (χ2n) is 3.89. The Hall–Kier alpha value is -0.620. The molecule has 0 spiro atoms. The number of nitrogens with zero attached hydrogens (tertiary/aromatic N) is 2. The highest BCUT2D eigenvalue weighted by Gasteiger charge is 2.26. The minimum absolute atomic E-state index is 0.226. The molecule has 0 unspecified atom stereocenters. The van der Waals surface area contributed by atoms with E-state index in [9.17, 15) is 8.42 Å². The highest BCUT2D eigenvalue weighted by molar-refractivity contribution is 9.10. The first-order valence-electron chi connectivity index (χ1n) is 5.13. The first-order valence-corrected chi connectivity index (χ1v) is 7.53. The molecule has 2 rings (SSSR count). The minimum Gasteiger partial charge on any atom is -0.254 e. The Kier molecular flexibility index (Phi) is 3.21. The number of hydrogen-bond acceptors (Lipinski definition) is 3. The molecule has 1 aliphatic rings. The molecule has 4 nitrogen and oxygen atoms in total. The van der Waals surface area contributed by atoms with E-state index in [-0.39, 0.29) is 5.75 Å². The summed E-state index contributed by atoms with van der Waals surface area (Å²) in [6.07, 6.45) is 3.29. The van der Waals surface area contributed by atoms with Crippen LogP contribution in [0.1, 0.15) is 18.4 Å². The molecule has 1 fully saturated rings. The smallest absolute Gasteiger partial charge is 0.236 e. The van der Waals surface area contributed by atoms with Crippen LogP contribution in [0.15, 0.2) is 16.7 Å². The summed E-state index contributed by atoms with van der Waals surface area (Å²) in [6, 6.07) is 1.80. The van der Waals surface area contributed by atoms with Crippen LogP contribution in [0.5, 0.6) is 0 Å². The summed E-state index contributed by atoms with van der Waals surface area (Å²) in [5.41, 5.74) is 0.991. The maximum absolute atomic E-state index is 11.9. The van der Waals surface area contributed by atoms with Crippen LogP contribution in [0.4, 0.5) is 5.82 Å². The molecule has 1 aromatic heterocycles. The van der Waals surface area contributed by atoms with Gasteiger partial charge >= 0.3 is 0 Å². The van der Waals surface area contributed by atoms with Gasteiger partial charge in [-0.25, -0.2) is 13.4 Å². The van der Waals surface area contributed by atoms with Crippen molar-refractivity contribution in [3.8, 4) is 0 Å². The Bertz CT molecular complexity index is 502. The van der Waals surface area contributed by atoms with Gasteiger partial charge in [-0.3, -0.25) is 4.31 Å². The number of anilines is 1. The largest absolute Gasteiger partial charge is 0.254 e. The zero-order valence-corrected chi connectivity index (χ0v) is 11.4. The third-order valence-electron chi connectivity index (χ3n) is 2.64. The van der Waals surface area contributed by atoms with E-state index in [2.05, 4.69) is 20.9 Å². The van der Waals surface area contributed by atoms with E-state index < -0.39 is 10.0 Å². The molecule has 0 bridgehead atoms. The summed E-state index contributed by atoms with van der Waals surface area (Å²) in [6.45, 7) is 2.46. The van der Waals surface area contributed by atoms with Gasteiger partial charge < -0.3 is 0 Å². The van der Waals surface area contributed by atoms with Gasteiger partial charge in [0.25, 0.3) is 0 Å². The summed E-state index contributed by atoms with van der Waals surface area (Å²) < 4.78 is 26.0. The molecule has 0 radical (unpaired) electrons. The number of aromatic nitrogens is 1. The molecule has 16 heavy (non-hydrogen) atoms. The average molecular weight is 305 g/mol. The fourth-order valence-corrected chi connectivity index (χ4v) is 3.51. The standard InChI is InChI=1S/C10H13BrN2O2S/c1-8-6-10(12-7-9(8)11)13-4-2-3-5-16(13,14)15/h6-7H,2-5H2,1H3. The summed E-state index contributed by atoms with van der Waals surface area (Å²) in [7, 11) is -3.15. The zero-order chi connectivity index (χ0) is 11.8. The maximum atomic E-state index is 11.9. The minimum atomic E-state index is -3.15. The van der Waals surface area contributed by atoms with Crippen molar-refractivity contribution in [3.63, 3.8) is 0 Å². The molecule has 0 aliphatic carbocycles. The average Bonchev–Trinajstić information content (AvgIpc) is 2.22. The Morgan fingerprint density at radius 3 is 2.81 bits per heavy atom. The van der Waals surface area contributed by atoms with E-state index in [0.29, 0.717) is 12.4 Å². The quantitative estimate of drug-likeness (QED) is 0.798. The molecule has 0 N–H and O–H groups in total. The third kappa shape index (κ3) is 2.22. The lowest BCUT2D eigenvalue weighted by atomic mass is 10.3. The van der Waals surface area contributed by atoms with Crippen LogP contribution in [-0.2, 0) is 10.0 Å². The Labute approximate surface area is 104 Å². The van der Waals surface area contributed by atoms with E-state index in [0.717, 1.165) is 22.9 Å². The molecular formula is C10H13BrN2O2S. The number of hydrogen-bond donors (Lipinski definition) is 0. The van der Waals surface area contributed by atoms with Gasteiger partial charge in [-0.1, -0.05) is 0 Å². The molecule has 6 heteroatoms. The third-order valence-corrected chi connectivity index (χ3v) is 5.31. The molecule has 88 valence electrons. The molecular weight excluding hydrogens is 292 g/mol. The Morgan fingerprint density at radius 2 is 2.19 bits per heavy atom. The van der Waals surface area contributed by atoms with Crippen molar-refractivity contribution in [2.24, 2.45) is 0 Å². The van der Waals surface area contributed by atoms with Gasteiger partial charge in [0, 0.05) is 17.2 Å². The number of aryl methyl sites for hydroxylation is 1. The number of rotatable bonds is 1. The lowest BCUT2D eigenvalue weighted by molar-refractivity contribution is 0.573. The SMILES string of the molecule is Cc1cc(N2CCCCS2(=O)=O)ncc1Br. The molecule has 0 saturated carbocycles. The van der Waals surface area contributed by atoms with Crippen molar-refractivity contribution in [2.75, 3.05) is 16.6 Å². The van der Waals surface area contributed by atoms with Crippen LogP contribution in [0.25, 0.3) is 0 Å². The first-order chi connectivity index (χ1) is 7.50. The van der Waals surface area contributed by atoms with E-state index in [1.54, 1.807) is 12.3 Å². The van der Waals surface area contributed by atoms with Gasteiger partial charge in [0.05, 0.1) is 5.75 Å². The second-order valence-corrected chi connectivity index (χ2v) is 6.75. The van der Waals surface area contributed by atoms with Crippen molar-refractivity contribution in [1.82, 2.24) is 4.98 Å². The van der Waals surface area contributed by atoms with Crippen molar-refractivity contribution < 1.29 is 8.42 Å².